The molecule has 0 bridgehead atoms. The molecule has 1 nitrogen and oxygen atoms in total. The van der Waals surface area contributed by atoms with E-state index in [-0.39, 0.29) is 6.10 Å². The number of aliphatic hydroxyl groups is 1. The van der Waals surface area contributed by atoms with Crippen molar-refractivity contribution in [3.63, 3.8) is 0 Å². The van der Waals surface area contributed by atoms with Crippen molar-refractivity contribution in [3.8, 4) is 0 Å². The molecule has 0 spiro atoms. The molecule has 0 rings (SSSR count). The van der Waals surface area contributed by atoms with Crippen molar-refractivity contribution >= 4 is 12.6 Å². The maximum Gasteiger partial charge on any atom is 0.0537 e. The van der Waals surface area contributed by atoms with Gasteiger partial charge in [0.05, 0.1) is 6.10 Å². The van der Waals surface area contributed by atoms with Gasteiger partial charge in [-0.1, -0.05) is 19.8 Å². The zero-order valence-electron chi connectivity index (χ0n) is 6.71. The molecule has 0 heterocycles. The highest BCUT2D eigenvalue weighted by molar-refractivity contribution is 7.80. The number of hydrogen-bond acceptors (Lipinski definition) is 2. The fourth-order valence-electron chi connectivity index (χ4n) is 0.873. The number of thiol groups is 1. The third-order valence-corrected chi connectivity index (χ3v) is 1.98. The first-order chi connectivity index (χ1) is 4.81. The molecule has 1 N–H and O–H groups in total. The van der Waals surface area contributed by atoms with E-state index in [1.54, 1.807) is 0 Å². The number of aliphatic hydroxyl groups excluding tert-OH is 1. The molecule has 0 amide bonds. The molecular weight excluding hydrogens is 144 g/mol. The average molecular weight is 162 g/mol. The predicted octanol–water partition coefficient (Wildman–Crippen LogP) is 2.25. The van der Waals surface area contributed by atoms with Crippen molar-refractivity contribution in [2.24, 2.45) is 0 Å². The Labute approximate surface area is 69.2 Å². The second-order valence-electron chi connectivity index (χ2n) is 2.64. The van der Waals surface area contributed by atoms with Crippen molar-refractivity contribution in [2.45, 2.75) is 45.1 Å². The van der Waals surface area contributed by atoms with Gasteiger partial charge in [-0.05, 0) is 25.0 Å². The van der Waals surface area contributed by atoms with Crippen LogP contribution in [0.15, 0.2) is 0 Å². The van der Waals surface area contributed by atoms with Crippen LogP contribution in [0.2, 0.25) is 0 Å². The maximum absolute atomic E-state index is 9.14. The van der Waals surface area contributed by atoms with Crippen LogP contribution in [0.25, 0.3) is 0 Å². The minimum absolute atomic E-state index is 0.0695. The minimum atomic E-state index is -0.0695. The van der Waals surface area contributed by atoms with Crippen LogP contribution in [0.1, 0.15) is 39.0 Å². The molecule has 0 radical (unpaired) electrons. The summed E-state index contributed by atoms with van der Waals surface area (Å²) < 4.78 is 0. The smallest absolute Gasteiger partial charge is 0.0537 e. The van der Waals surface area contributed by atoms with E-state index in [1.807, 2.05) is 6.92 Å². The first-order valence-electron chi connectivity index (χ1n) is 4.10. The van der Waals surface area contributed by atoms with Gasteiger partial charge in [0.2, 0.25) is 0 Å². The third-order valence-electron chi connectivity index (χ3n) is 1.67. The van der Waals surface area contributed by atoms with E-state index in [4.69, 9.17) is 5.11 Å². The van der Waals surface area contributed by atoms with Gasteiger partial charge in [0, 0.05) is 0 Å². The highest BCUT2D eigenvalue weighted by atomic mass is 32.1. The Balaban J connectivity index is 2.89. The lowest BCUT2D eigenvalue weighted by molar-refractivity contribution is 0.157. The monoisotopic (exact) mass is 162 g/mol. The molecule has 0 saturated carbocycles. The molecule has 2 heteroatoms. The molecule has 1 atom stereocenters. The average Bonchev–Trinajstić information content (AvgIpc) is 1.98. The molecule has 62 valence electrons. The first kappa shape index (κ1) is 10.3. The van der Waals surface area contributed by atoms with E-state index in [1.165, 1.54) is 12.8 Å². The molecule has 0 fully saturated rings. The van der Waals surface area contributed by atoms with Crippen molar-refractivity contribution < 1.29 is 5.11 Å². The van der Waals surface area contributed by atoms with Crippen LogP contribution >= 0.6 is 12.6 Å². The molecular formula is C8H18OS. The summed E-state index contributed by atoms with van der Waals surface area (Å²) in [5.41, 5.74) is 0. The second kappa shape index (κ2) is 7.42. The summed E-state index contributed by atoms with van der Waals surface area (Å²) in [5.74, 6) is 0.974. The zero-order chi connectivity index (χ0) is 7.82. The van der Waals surface area contributed by atoms with Gasteiger partial charge in [-0.3, -0.25) is 0 Å². The Morgan fingerprint density at radius 2 is 2.00 bits per heavy atom. The van der Waals surface area contributed by atoms with Crippen LogP contribution in [-0.2, 0) is 0 Å². The molecule has 1 unspecified atom stereocenters. The topological polar surface area (TPSA) is 20.2 Å². The van der Waals surface area contributed by atoms with Crippen molar-refractivity contribution in [2.75, 3.05) is 5.75 Å². The lowest BCUT2D eigenvalue weighted by atomic mass is 10.1. The summed E-state index contributed by atoms with van der Waals surface area (Å²) in [5, 5.41) is 9.14. The van der Waals surface area contributed by atoms with E-state index < -0.39 is 0 Å². The van der Waals surface area contributed by atoms with Gasteiger partial charge in [0.15, 0.2) is 0 Å². The molecule has 0 aromatic carbocycles. The fourth-order valence-corrected chi connectivity index (χ4v) is 1.10. The van der Waals surface area contributed by atoms with Crippen molar-refractivity contribution in [1.29, 1.82) is 0 Å². The lowest BCUT2D eigenvalue weighted by Crippen LogP contribution is -2.03. The van der Waals surface area contributed by atoms with Crippen LogP contribution in [0.3, 0.4) is 0 Å². The highest BCUT2D eigenvalue weighted by Gasteiger charge is 1.98. The molecule has 0 saturated heterocycles. The van der Waals surface area contributed by atoms with Crippen LogP contribution in [-0.4, -0.2) is 17.0 Å². The molecule has 10 heavy (non-hydrogen) atoms. The van der Waals surface area contributed by atoms with E-state index >= 15 is 0 Å². The maximum atomic E-state index is 9.14. The fraction of sp³-hybridized carbons (Fsp3) is 1.00. The van der Waals surface area contributed by atoms with Gasteiger partial charge in [-0.2, -0.15) is 12.6 Å². The van der Waals surface area contributed by atoms with E-state index in [0.29, 0.717) is 0 Å². The Bertz CT molecular complexity index is 66.3. The molecule has 0 aromatic rings. The Morgan fingerprint density at radius 3 is 2.50 bits per heavy atom. The molecule has 0 aromatic heterocycles. The Hall–Kier alpha value is 0.310. The lowest BCUT2D eigenvalue weighted by Gasteiger charge is -2.05. The molecule has 0 aliphatic heterocycles. The molecule has 0 aliphatic carbocycles. The highest BCUT2D eigenvalue weighted by Crippen LogP contribution is 2.05. The van der Waals surface area contributed by atoms with Gasteiger partial charge in [0.1, 0.15) is 0 Å². The van der Waals surface area contributed by atoms with Crippen molar-refractivity contribution in [1.82, 2.24) is 0 Å². The van der Waals surface area contributed by atoms with Crippen molar-refractivity contribution in [3.05, 3.63) is 0 Å². The quantitative estimate of drug-likeness (QED) is 0.453. The van der Waals surface area contributed by atoms with Crippen LogP contribution in [0, 0.1) is 0 Å². The Morgan fingerprint density at radius 1 is 1.30 bits per heavy atom. The van der Waals surface area contributed by atoms with E-state index in [0.717, 1.165) is 25.0 Å². The van der Waals surface area contributed by atoms with E-state index in [9.17, 15) is 0 Å². The predicted molar refractivity (Wildman–Crippen MR) is 48.6 cm³/mol. The summed E-state index contributed by atoms with van der Waals surface area (Å²) in [4.78, 5) is 0. The summed E-state index contributed by atoms with van der Waals surface area (Å²) in [7, 11) is 0. The summed E-state index contributed by atoms with van der Waals surface area (Å²) in [6, 6.07) is 0. The molecule has 0 aliphatic rings. The van der Waals surface area contributed by atoms with Gasteiger partial charge in [-0.15, -0.1) is 0 Å². The number of hydrogen-bond donors (Lipinski definition) is 2. The van der Waals surface area contributed by atoms with Gasteiger partial charge in [-0.25, -0.2) is 0 Å². The summed E-state index contributed by atoms with van der Waals surface area (Å²) in [6.07, 6.45) is 5.32. The normalized spacial score (nSPS) is 13.5. The minimum Gasteiger partial charge on any atom is -0.393 e. The van der Waals surface area contributed by atoms with E-state index in [2.05, 4.69) is 12.6 Å². The summed E-state index contributed by atoms with van der Waals surface area (Å²) >= 11 is 4.11. The van der Waals surface area contributed by atoms with Crippen LogP contribution < -0.4 is 0 Å². The SMILES string of the molecule is CCC(O)CCCCCS. The zero-order valence-corrected chi connectivity index (χ0v) is 7.61. The number of unbranched alkanes of at least 4 members (excludes halogenated alkanes) is 2. The summed E-state index contributed by atoms with van der Waals surface area (Å²) in [6.45, 7) is 2.02. The van der Waals surface area contributed by atoms with Crippen LogP contribution in [0.5, 0.6) is 0 Å². The van der Waals surface area contributed by atoms with Gasteiger partial charge in [0.25, 0.3) is 0 Å². The van der Waals surface area contributed by atoms with Crippen LogP contribution in [0.4, 0.5) is 0 Å². The van der Waals surface area contributed by atoms with Gasteiger partial charge < -0.3 is 5.11 Å². The van der Waals surface area contributed by atoms with Gasteiger partial charge >= 0.3 is 0 Å². The third kappa shape index (κ3) is 6.43. The first-order valence-corrected chi connectivity index (χ1v) is 4.73. The Kier molecular flexibility index (Phi) is 7.65. The second-order valence-corrected chi connectivity index (χ2v) is 3.08. The number of rotatable bonds is 6. The largest absolute Gasteiger partial charge is 0.393 e. The standard InChI is InChI=1S/C8H18OS/c1-2-8(9)6-4-3-5-7-10/h8-10H,2-7H2,1H3.